The Labute approximate surface area is 420 Å². The van der Waals surface area contributed by atoms with Gasteiger partial charge in [-0.3, -0.25) is 0 Å². The Morgan fingerprint density at radius 1 is 0.154 bits per heavy atom. The van der Waals surface area contributed by atoms with Crippen LogP contribution in [0.1, 0.15) is 314 Å². The van der Waals surface area contributed by atoms with Crippen molar-refractivity contribution >= 4 is 21.8 Å². The van der Waals surface area contributed by atoms with Gasteiger partial charge in [0.15, 0.2) is 0 Å². The quantitative estimate of drug-likeness (QED) is 0.0324. The molecule has 0 rings (SSSR count). The van der Waals surface area contributed by atoms with E-state index in [2.05, 4.69) is 83.1 Å². The summed E-state index contributed by atoms with van der Waals surface area (Å²) in [6.45, 7) is 31.0. The van der Waals surface area contributed by atoms with Gasteiger partial charge in [-0.25, -0.2) is 0 Å². The summed E-state index contributed by atoms with van der Waals surface area (Å²) in [6.07, 6.45) is 77.8. The Morgan fingerprint density at radius 3 is 0.323 bits per heavy atom. The van der Waals surface area contributed by atoms with E-state index in [1.807, 2.05) is 73.9 Å². The second-order valence-electron chi connectivity index (χ2n) is 22.3. The molecule has 0 unspecified atom stereocenters. The molecule has 0 spiro atoms. The van der Waals surface area contributed by atoms with Crippen LogP contribution in [-0.2, 0) is 13.6 Å². The number of hydrogen-bond acceptors (Lipinski definition) is 0. The van der Waals surface area contributed by atoms with E-state index in [1.54, 1.807) is 154 Å². The second-order valence-corrected chi connectivity index (χ2v) is 81.6. The molecule has 0 heterocycles. The first-order valence-electron chi connectivity index (χ1n) is 31.4. The first-order chi connectivity index (χ1) is 31.7. The van der Waals surface area contributed by atoms with Gasteiger partial charge in [0.05, 0.1) is 0 Å². The summed E-state index contributed by atoms with van der Waals surface area (Å²) in [5.41, 5.74) is -7.20. The molecule has 0 N–H and O–H groups in total. The Hall–Kier alpha value is 2.38. The Kier molecular flexibility index (Phi) is 45.5. The maximum atomic E-state index is 2.58. The fourth-order valence-electron chi connectivity index (χ4n) is 13.2. The van der Waals surface area contributed by atoms with Gasteiger partial charge in [-0.05, 0) is 0 Å². The van der Waals surface area contributed by atoms with Crippen LogP contribution in [0.5, 0.6) is 0 Å². The van der Waals surface area contributed by atoms with Gasteiger partial charge < -0.3 is 0 Å². The summed E-state index contributed by atoms with van der Waals surface area (Å²) in [6, 6.07) is 0. The van der Waals surface area contributed by atoms with Crippen LogP contribution in [0.4, 0.5) is 0 Å². The summed E-state index contributed by atoms with van der Waals surface area (Å²) in [5.74, 6) is 0. The van der Waals surface area contributed by atoms with Crippen molar-refractivity contribution in [2.24, 2.45) is 0 Å². The molecule has 0 amide bonds. The topological polar surface area (TPSA) is 0 Å². The van der Waals surface area contributed by atoms with Crippen molar-refractivity contribution in [3.63, 3.8) is 0 Å². The third-order valence-electron chi connectivity index (χ3n) is 16.6. The van der Waals surface area contributed by atoms with Crippen molar-refractivity contribution in [3.05, 3.63) is 0 Å². The van der Waals surface area contributed by atoms with E-state index in [9.17, 15) is 0 Å². The third kappa shape index (κ3) is 22.6. The molecule has 0 aromatic heterocycles. The van der Waals surface area contributed by atoms with Gasteiger partial charge in [0.2, 0.25) is 0 Å². The molecule has 0 aromatic rings. The van der Waals surface area contributed by atoms with Crippen LogP contribution in [0.3, 0.4) is 0 Å². The van der Waals surface area contributed by atoms with Crippen LogP contribution in [0.2, 0.25) is 0 Å². The van der Waals surface area contributed by atoms with Crippen LogP contribution in [0.25, 0.3) is 0 Å². The molecule has 5 heteroatoms. The van der Waals surface area contributed by atoms with Crippen molar-refractivity contribution in [1.29, 1.82) is 0 Å². The molecule has 0 saturated heterocycles. The summed E-state index contributed by atoms with van der Waals surface area (Å²) in [5, 5.41) is 0. The van der Waals surface area contributed by atoms with Gasteiger partial charge in [0.1, 0.15) is 0 Å². The van der Waals surface area contributed by atoms with Crippen molar-refractivity contribution in [2.45, 2.75) is 314 Å². The Balaban J connectivity index is 10.5. The second kappa shape index (κ2) is 43.9. The summed E-state index contributed by atoms with van der Waals surface area (Å²) < 4.78 is 0. The van der Waals surface area contributed by atoms with Crippen LogP contribution in [0.15, 0.2) is 0 Å². The standard InChI is InChI=1S/4C15H33P.Pd/c4*1-4-7-10-13-16(14-11-8-5-2)15-12-9-6-3;/h4*4-15H2,1-3H3;/q;;;;-4/p+4. The molecule has 0 aromatic carbocycles. The maximum absolute atomic E-state index is 2.58. The summed E-state index contributed by atoms with van der Waals surface area (Å²) in [7, 11) is 0. The first-order valence-corrected chi connectivity index (χ1v) is 50.4. The van der Waals surface area contributed by atoms with E-state index in [0.29, 0.717) is 0 Å². The molecule has 0 fully saturated rings. The van der Waals surface area contributed by atoms with Crippen molar-refractivity contribution < 1.29 is 13.6 Å². The number of rotatable bonds is 52. The van der Waals surface area contributed by atoms with E-state index < -0.39 is 35.4 Å². The molecule has 0 bridgehead atoms. The number of unbranched alkanes of at least 4 members (excludes halogenated alkanes) is 24. The van der Waals surface area contributed by atoms with Crippen molar-refractivity contribution in [2.75, 3.05) is 73.9 Å². The Morgan fingerprint density at radius 2 is 0.246 bits per heavy atom. The van der Waals surface area contributed by atoms with Gasteiger partial charge in [-0.1, -0.05) is 0 Å². The van der Waals surface area contributed by atoms with Crippen LogP contribution < -0.4 is 0 Å². The zero-order valence-corrected chi connectivity index (χ0v) is 53.8. The molecule has 0 saturated carbocycles. The van der Waals surface area contributed by atoms with E-state index in [0.717, 1.165) is 0 Å². The Bertz CT molecular complexity index is 736. The molecular formula is C60H136P4Pd. The minimum atomic E-state index is -2.19. The van der Waals surface area contributed by atoms with Gasteiger partial charge in [-0.2, -0.15) is 0 Å². The van der Waals surface area contributed by atoms with Crippen LogP contribution in [0, 0.1) is 0 Å². The normalized spacial score (nSPS) is 15.3. The molecular weight excluding hydrogens is 951 g/mol. The molecule has 406 valence electrons. The zero-order valence-electron chi connectivity index (χ0n) is 48.3. The SMILES string of the molecule is CCCCC[PH](CCCCC)(CCCCC)[Pd]([PH](CCCCC)(CCCCC)CCCCC)([PH](CCCCC)(CCCCC)CCCCC)[PH](CCCCC)(CCCCC)CCCCC. The van der Waals surface area contributed by atoms with Gasteiger partial charge >= 0.3 is 424 Å². The third-order valence-corrected chi connectivity index (χ3v) is 150. The minimum absolute atomic E-state index is 1.44. The number of hydrogen-bond donors (Lipinski definition) is 0. The van der Waals surface area contributed by atoms with E-state index in [4.69, 9.17) is 0 Å². The predicted molar refractivity (Wildman–Crippen MR) is 326 cm³/mol. The predicted octanol–water partition coefficient (Wildman–Crippen LogP) is 23.1. The first kappa shape index (κ1) is 67.4. The van der Waals surface area contributed by atoms with Gasteiger partial charge in [0, 0.05) is 0 Å². The van der Waals surface area contributed by atoms with Gasteiger partial charge in [0.25, 0.3) is 0 Å². The van der Waals surface area contributed by atoms with Gasteiger partial charge in [-0.15, -0.1) is 0 Å². The summed E-state index contributed by atoms with van der Waals surface area (Å²) in [4.78, 5) is 0. The zero-order chi connectivity index (χ0) is 48.4. The van der Waals surface area contributed by atoms with Crippen LogP contribution in [-0.4, -0.2) is 73.9 Å². The van der Waals surface area contributed by atoms with Crippen molar-refractivity contribution in [3.8, 4) is 0 Å². The fourth-order valence-corrected chi connectivity index (χ4v) is 222. The van der Waals surface area contributed by atoms with E-state index in [1.165, 1.54) is 77.0 Å². The van der Waals surface area contributed by atoms with Crippen LogP contribution >= 0.6 is 21.8 Å². The average Bonchev–Trinajstić information content (AvgIpc) is 3.30. The summed E-state index contributed by atoms with van der Waals surface area (Å²) >= 11 is -2.19. The fraction of sp³-hybridized carbons (Fsp3) is 1.00. The molecule has 0 aliphatic rings. The molecule has 0 aliphatic carbocycles. The molecule has 0 radical (unpaired) electrons. The van der Waals surface area contributed by atoms with E-state index >= 15 is 0 Å². The molecule has 65 heavy (non-hydrogen) atoms. The monoisotopic (exact) mass is 1090 g/mol. The van der Waals surface area contributed by atoms with E-state index in [-0.39, 0.29) is 0 Å². The molecule has 0 aliphatic heterocycles. The average molecular weight is 1090 g/mol. The molecule has 0 nitrogen and oxygen atoms in total. The van der Waals surface area contributed by atoms with Crippen molar-refractivity contribution in [1.82, 2.24) is 0 Å². The molecule has 0 atom stereocenters.